The van der Waals surface area contributed by atoms with Gasteiger partial charge in [-0.05, 0) is 25.7 Å². The third-order valence-corrected chi connectivity index (χ3v) is 4.10. The van der Waals surface area contributed by atoms with Gasteiger partial charge in [-0.15, -0.1) is 0 Å². The standard InChI is InChI=1S/C16H25N3O3/c1-10(2)14(16(21)17-13-9-11(3)22-19-13)18-15(20)12-7-5-4-6-8-12/h9-10,12,14H,4-8H2,1-3H3,(H,18,20)(H,17,19,21)/t14-/m0/s1. The molecule has 0 aliphatic heterocycles. The van der Waals surface area contributed by atoms with Crippen LogP contribution in [0.1, 0.15) is 51.7 Å². The van der Waals surface area contributed by atoms with Gasteiger partial charge in [0.05, 0.1) is 0 Å². The fraction of sp³-hybridized carbons (Fsp3) is 0.688. The summed E-state index contributed by atoms with van der Waals surface area (Å²) in [6.45, 7) is 5.59. The highest BCUT2D eigenvalue weighted by Gasteiger charge is 2.29. The average Bonchev–Trinajstić information content (AvgIpc) is 2.90. The molecule has 1 saturated carbocycles. The second-order valence-corrected chi connectivity index (χ2v) is 6.38. The fourth-order valence-corrected chi connectivity index (χ4v) is 2.80. The first-order valence-corrected chi connectivity index (χ1v) is 8.02. The molecule has 0 saturated heterocycles. The minimum Gasteiger partial charge on any atom is -0.360 e. The van der Waals surface area contributed by atoms with Crippen LogP contribution in [0.15, 0.2) is 10.6 Å². The predicted octanol–water partition coefficient (Wildman–Crippen LogP) is 2.64. The van der Waals surface area contributed by atoms with Gasteiger partial charge in [0.25, 0.3) is 0 Å². The van der Waals surface area contributed by atoms with Crippen LogP contribution >= 0.6 is 0 Å². The summed E-state index contributed by atoms with van der Waals surface area (Å²) in [6.07, 6.45) is 5.22. The zero-order valence-electron chi connectivity index (χ0n) is 13.5. The molecule has 0 aromatic carbocycles. The van der Waals surface area contributed by atoms with Gasteiger partial charge in [-0.1, -0.05) is 38.3 Å². The maximum atomic E-state index is 12.4. The molecule has 1 fully saturated rings. The molecule has 1 heterocycles. The van der Waals surface area contributed by atoms with Crippen molar-refractivity contribution < 1.29 is 14.1 Å². The molecule has 122 valence electrons. The molecule has 1 aliphatic carbocycles. The Bertz CT molecular complexity index is 518. The van der Waals surface area contributed by atoms with E-state index < -0.39 is 6.04 Å². The molecule has 0 bridgehead atoms. The Balaban J connectivity index is 1.96. The van der Waals surface area contributed by atoms with Gasteiger partial charge in [0, 0.05) is 12.0 Å². The maximum Gasteiger partial charge on any atom is 0.248 e. The van der Waals surface area contributed by atoms with Crippen LogP contribution < -0.4 is 10.6 Å². The molecule has 22 heavy (non-hydrogen) atoms. The minimum absolute atomic E-state index is 0.000499. The van der Waals surface area contributed by atoms with E-state index in [0.717, 1.165) is 25.7 Å². The molecular weight excluding hydrogens is 282 g/mol. The van der Waals surface area contributed by atoms with Crippen LogP contribution in [0, 0.1) is 18.8 Å². The first kappa shape index (κ1) is 16.5. The number of nitrogens with zero attached hydrogens (tertiary/aromatic N) is 1. The van der Waals surface area contributed by atoms with Crippen LogP contribution in [0.2, 0.25) is 0 Å². The third-order valence-electron chi connectivity index (χ3n) is 4.10. The number of hydrogen-bond acceptors (Lipinski definition) is 4. The number of aromatic nitrogens is 1. The van der Waals surface area contributed by atoms with Crippen molar-refractivity contribution >= 4 is 17.6 Å². The Morgan fingerprint density at radius 2 is 1.95 bits per heavy atom. The molecule has 2 rings (SSSR count). The maximum absolute atomic E-state index is 12.4. The summed E-state index contributed by atoms with van der Waals surface area (Å²) < 4.78 is 4.93. The van der Waals surface area contributed by atoms with Gasteiger partial charge in [0.1, 0.15) is 11.8 Å². The lowest BCUT2D eigenvalue weighted by Gasteiger charge is -2.26. The van der Waals surface area contributed by atoms with E-state index in [1.54, 1.807) is 13.0 Å². The van der Waals surface area contributed by atoms with E-state index in [1.807, 2.05) is 13.8 Å². The molecule has 1 atom stereocenters. The lowest BCUT2D eigenvalue weighted by molar-refractivity contribution is -0.130. The van der Waals surface area contributed by atoms with Crippen molar-refractivity contribution in [3.05, 3.63) is 11.8 Å². The van der Waals surface area contributed by atoms with E-state index >= 15 is 0 Å². The summed E-state index contributed by atoms with van der Waals surface area (Å²) in [5.41, 5.74) is 0. The van der Waals surface area contributed by atoms with Gasteiger partial charge in [-0.3, -0.25) is 9.59 Å². The largest absolute Gasteiger partial charge is 0.360 e. The zero-order valence-corrected chi connectivity index (χ0v) is 13.5. The lowest BCUT2D eigenvalue weighted by atomic mass is 9.88. The molecule has 2 amide bonds. The van der Waals surface area contributed by atoms with Crippen LogP contribution in [0.25, 0.3) is 0 Å². The average molecular weight is 307 g/mol. The molecule has 0 spiro atoms. The SMILES string of the molecule is Cc1cc(NC(=O)[C@@H](NC(=O)C2CCCCC2)C(C)C)no1. The Hall–Kier alpha value is -1.85. The number of rotatable bonds is 5. The van der Waals surface area contributed by atoms with Gasteiger partial charge < -0.3 is 15.2 Å². The Kier molecular flexibility index (Phi) is 5.57. The van der Waals surface area contributed by atoms with Gasteiger partial charge in [-0.25, -0.2) is 0 Å². The fourth-order valence-electron chi connectivity index (χ4n) is 2.80. The van der Waals surface area contributed by atoms with Crippen molar-refractivity contribution in [2.24, 2.45) is 11.8 Å². The number of carbonyl (C=O) groups is 2. The molecule has 6 nitrogen and oxygen atoms in total. The van der Waals surface area contributed by atoms with Gasteiger partial charge in [0.2, 0.25) is 11.8 Å². The predicted molar refractivity (Wildman–Crippen MR) is 83.2 cm³/mol. The summed E-state index contributed by atoms with van der Waals surface area (Å²) in [5, 5.41) is 9.34. The van der Waals surface area contributed by atoms with Gasteiger partial charge in [0.15, 0.2) is 5.82 Å². The Morgan fingerprint density at radius 1 is 1.27 bits per heavy atom. The molecule has 0 radical (unpaired) electrons. The molecular formula is C16H25N3O3. The number of hydrogen-bond donors (Lipinski definition) is 2. The second-order valence-electron chi connectivity index (χ2n) is 6.38. The first-order chi connectivity index (χ1) is 10.5. The van der Waals surface area contributed by atoms with E-state index in [4.69, 9.17) is 4.52 Å². The highest BCUT2D eigenvalue weighted by molar-refractivity contribution is 5.97. The summed E-state index contributed by atoms with van der Waals surface area (Å²) in [4.78, 5) is 24.7. The molecule has 1 aromatic rings. The zero-order chi connectivity index (χ0) is 16.1. The molecule has 0 unspecified atom stereocenters. The molecule has 1 aromatic heterocycles. The van der Waals surface area contributed by atoms with Crippen molar-refractivity contribution in [2.45, 2.75) is 58.9 Å². The van der Waals surface area contributed by atoms with E-state index in [1.165, 1.54) is 6.42 Å². The van der Waals surface area contributed by atoms with E-state index in [0.29, 0.717) is 11.6 Å². The normalized spacial score (nSPS) is 17.3. The number of anilines is 1. The van der Waals surface area contributed by atoms with Crippen LogP contribution in [0.4, 0.5) is 5.82 Å². The Labute approximate surface area is 131 Å². The Morgan fingerprint density at radius 3 is 2.50 bits per heavy atom. The van der Waals surface area contributed by atoms with Crippen LogP contribution in [0.3, 0.4) is 0 Å². The van der Waals surface area contributed by atoms with E-state index in [2.05, 4.69) is 15.8 Å². The summed E-state index contributed by atoms with van der Waals surface area (Å²) in [5.74, 6) is 0.776. The van der Waals surface area contributed by atoms with Crippen molar-refractivity contribution in [3.8, 4) is 0 Å². The number of carbonyl (C=O) groups excluding carboxylic acids is 2. The quantitative estimate of drug-likeness (QED) is 0.876. The minimum atomic E-state index is -0.563. The summed E-state index contributed by atoms with van der Waals surface area (Å²) in [6, 6.07) is 1.09. The molecule has 6 heteroatoms. The van der Waals surface area contributed by atoms with Crippen molar-refractivity contribution in [1.82, 2.24) is 10.5 Å². The highest BCUT2D eigenvalue weighted by atomic mass is 16.5. The van der Waals surface area contributed by atoms with Crippen LogP contribution in [0.5, 0.6) is 0 Å². The number of amides is 2. The van der Waals surface area contributed by atoms with Crippen molar-refractivity contribution in [3.63, 3.8) is 0 Å². The van der Waals surface area contributed by atoms with Crippen LogP contribution in [-0.2, 0) is 9.59 Å². The highest BCUT2D eigenvalue weighted by Crippen LogP contribution is 2.24. The van der Waals surface area contributed by atoms with Crippen molar-refractivity contribution in [2.75, 3.05) is 5.32 Å². The summed E-state index contributed by atoms with van der Waals surface area (Å²) >= 11 is 0. The molecule has 1 aliphatic rings. The molecule has 2 N–H and O–H groups in total. The van der Waals surface area contributed by atoms with E-state index in [-0.39, 0.29) is 23.7 Å². The monoisotopic (exact) mass is 307 g/mol. The number of aryl methyl sites for hydroxylation is 1. The van der Waals surface area contributed by atoms with Crippen molar-refractivity contribution in [1.29, 1.82) is 0 Å². The second kappa shape index (κ2) is 7.42. The van der Waals surface area contributed by atoms with E-state index in [9.17, 15) is 9.59 Å². The smallest absolute Gasteiger partial charge is 0.248 e. The van der Waals surface area contributed by atoms with Crippen LogP contribution in [-0.4, -0.2) is 23.0 Å². The lowest BCUT2D eigenvalue weighted by Crippen LogP contribution is -2.49. The number of nitrogens with one attached hydrogen (secondary N) is 2. The summed E-state index contributed by atoms with van der Waals surface area (Å²) in [7, 11) is 0. The third kappa shape index (κ3) is 4.32. The first-order valence-electron chi connectivity index (χ1n) is 8.02. The topological polar surface area (TPSA) is 84.2 Å². The van der Waals surface area contributed by atoms with Gasteiger partial charge >= 0.3 is 0 Å². The van der Waals surface area contributed by atoms with Gasteiger partial charge in [-0.2, -0.15) is 0 Å².